The van der Waals surface area contributed by atoms with Gasteiger partial charge in [-0.25, -0.2) is 17.9 Å². The van der Waals surface area contributed by atoms with Crippen molar-refractivity contribution in [1.29, 1.82) is 0 Å². The fourth-order valence-corrected chi connectivity index (χ4v) is 3.44. The van der Waals surface area contributed by atoms with Crippen LogP contribution in [-0.2, 0) is 16.6 Å². The third-order valence-electron chi connectivity index (χ3n) is 3.46. The molecular formula is C15H16N2O5S. The van der Waals surface area contributed by atoms with Gasteiger partial charge in [0.1, 0.15) is 5.76 Å². The molecule has 0 atom stereocenters. The normalized spacial score (nSPS) is 14.6. The lowest BCUT2D eigenvalue weighted by Crippen LogP contribution is -2.26. The SMILES string of the molecule is O=C(O)c1cc(S(=O)(=O)NC2CC2)ccc1NCc1ccco1. The Hall–Kier alpha value is -2.32. The highest BCUT2D eigenvalue weighted by Crippen LogP contribution is 2.25. The molecule has 3 rings (SSSR count). The van der Waals surface area contributed by atoms with Gasteiger partial charge in [0.2, 0.25) is 10.0 Å². The molecule has 1 heterocycles. The highest BCUT2D eigenvalue weighted by molar-refractivity contribution is 7.89. The van der Waals surface area contributed by atoms with Crippen LogP contribution in [0, 0.1) is 0 Å². The molecule has 1 aromatic heterocycles. The zero-order chi connectivity index (χ0) is 16.4. The molecular weight excluding hydrogens is 320 g/mol. The molecule has 0 bridgehead atoms. The second-order valence-corrected chi connectivity index (χ2v) is 7.06. The van der Waals surface area contributed by atoms with Crippen LogP contribution >= 0.6 is 0 Å². The Bertz CT molecular complexity index is 810. The topological polar surface area (TPSA) is 109 Å². The van der Waals surface area contributed by atoms with Crippen molar-refractivity contribution < 1.29 is 22.7 Å². The van der Waals surface area contributed by atoms with Crippen LogP contribution in [0.1, 0.15) is 29.0 Å². The zero-order valence-electron chi connectivity index (χ0n) is 12.2. The van der Waals surface area contributed by atoms with Gasteiger partial charge in [-0.15, -0.1) is 0 Å². The van der Waals surface area contributed by atoms with E-state index in [2.05, 4.69) is 10.0 Å². The van der Waals surface area contributed by atoms with Crippen LogP contribution in [0.4, 0.5) is 5.69 Å². The number of rotatable bonds is 7. The van der Waals surface area contributed by atoms with E-state index in [9.17, 15) is 18.3 Å². The van der Waals surface area contributed by atoms with Gasteiger partial charge in [0.25, 0.3) is 0 Å². The van der Waals surface area contributed by atoms with Crippen LogP contribution in [0.15, 0.2) is 45.9 Å². The summed E-state index contributed by atoms with van der Waals surface area (Å²) in [6.45, 7) is 0.305. The number of furan rings is 1. The molecule has 122 valence electrons. The molecule has 1 saturated carbocycles. The van der Waals surface area contributed by atoms with Gasteiger partial charge in [-0.05, 0) is 43.2 Å². The summed E-state index contributed by atoms with van der Waals surface area (Å²) < 4.78 is 32.0. The summed E-state index contributed by atoms with van der Waals surface area (Å²) in [5, 5.41) is 12.3. The van der Waals surface area contributed by atoms with Crippen molar-refractivity contribution in [3.8, 4) is 0 Å². The Morgan fingerprint density at radius 3 is 2.70 bits per heavy atom. The molecule has 23 heavy (non-hydrogen) atoms. The molecule has 0 amide bonds. The minimum absolute atomic E-state index is 0.0370. The lowest BCUT2D eigenvalue weighted by molar-refractivity contribution is 0.0697. The molecule has 0 aliphatic heterocycles. The van der Waals surface area contributed by atoms with Gasteiger partial charge in [0.15, 0.2) is 0 Å². The van der Waals surface area contributed by atoms with Crippen molar-refractivity contribution in [3.05, 3.63) is 47.9 Å². The Morgan fingerprint density at radius 2 is 2.09 bits per heavy atom. The molecule has 1 aromatic carbocycles. The third kappa shape index (κ3) is 3.72. The Kier molecular flexibility index (Phi) is 4.10. The van der Waals surface area contributed by atoms with Crippen LogP contribution in [-0.4, -0.2) is 25.5 Å². The van der Waals surface area contributed by atoms with Gasteiger partial charge in [-0.3, -0.25) is 0 Å². The van der Waals surface area contributed by atoms with Gasteiger partial charge < -0.3 is 14.8 Å². The quantitative estimate of drug-likeness (QED) is 0.714. The summed E-state index contributed by atoms with van der Waals surface area (Å²) in [6, 6.07) is 7.46. The third-order valence-corrected chi connectivity index (χ3v) is 4.98. The van der Waals surface area contributed by atoms with Crippen molar-refractivity contribution >= 4 is 21.7 Å². The Morgan fingerprint density at radius 1 is 1.30 bits per heavy atom. The molecule has 0 saturated heterocycles. The average Bonchev–Trinajstić information content (AvgIpc) is 3.15. The first-order valence-corrected chi connectivity index (χ1v) is 8.60. The lowest BCUT2D eigenvalue weighted by atomic mass is 10.2. The smallest absolute Gasteiger partial charge is 0.337 e. The second-order valence-electron chi connectivity index (χ2n) is 5.34. The Balaban J connectivity index is 1.84. The predicted molar refractivity (Wildman–Crippen MR) is 82.8 cm³/mol. The maximum absolute atomic E-state index is 12.2. The van der Waals surface area contributed by atoms with Crippen molar-refractivity contribution in [1.82, 2.24) is 4.72 Å². The summed E-state index contributed by atoms with van der Waals surface area (Å²) >= 11 is 0. The molecule has 1 fully saturated rings. The van der Waals surface area contributed by atoms with Crippen molar-refractivity contribution in [2.75, 3.05) is 5.32 Å². The molecule has 1 aliphatic carbocycles. The van der Waals surface area contributed by atoms with E-state index < -0.39 is 16.0 Å². The van der Waals surface area contributed by atoms with E-state index in [1.807, 2.05) is 0 Å². The number of aromatic carboxylic acids is 1. The minimum atomic E-state index is -3.69. The number of carbonyl (C=O) groups is 1. The molecule has 3 N–H and O–H groups in total. The van der Waals surface area contributed by atoms with Gasteiger partial charge in [0, 0.05) is 11.7 Å². The molecule has 2 aromatic rings. The Labute approximate surface area is 133 Å². The maximum Gasteiger partial charge on any atom is 0.337 e. The van der Waals surface area contributed by atoms with Crippen LogP contribution in [0.5, 0.6) is 0 Å². The van der Waals surface area contributed by atoms with Crippen LogP contribution < -0.4 is 10.0 Å². The van der Waals surface area contributed by atoms with E-state index in [0.717, 1.165) is 18.9 Å². The first kappa shape index (κ1) is 15.6. The number of nitrogens with one attached hydrogen (secondary N) is 2. The standard InChI is InChI=1S/C15H16N2O5S/c18-15(19)13-8-12(23(20,21)17-10-3-4-10)5-6-14(13)16-9-11-2-1-7-22-11/h1-2,5-8,10,16-17H,3-4,9H2,(H,18,19). The van der Waals surface area contributed by atoms with Gasteiger partial charge >= 0.3 is 5.97 Å². The number of sulfonamides is 1. The van der Waals surface area contributed by atoms with Crippen LogP contribution in [0.25, 0.3) is 0 Å². The number of benzene rings is 1. The van der Waals surface area contributed by atoms with Gasteiger partial charge in [-0.2, -0.15) is 0 Å². The highest BCUT2D eigenvalue weighted by Gasteiger charge is 2.28. The first-order valence-electron chi connectivity index (χ1n) is 7.11. The summed E-state index contributed by atoms with van der Waals surface area (Å²) in [4.78, 5) is 11.4. The zero-order valence-corrected chi connectivity index (χ0v) is 13.0. The highest BCUT2D eigenvalue weighted by atomic mass is 32.2. The summed E-state index contributed by atoms with van der Waals surface area (Å²) in [7, 11) is -3.69. The van der Waals surface area contributed by atoms with Crippen molar-refractivity contribution in [2.45, 2.75) is 30.3 Å². The second kappa shape index (κ2) is 6.05. The van der Waals surface area contributed by atoms with Crippen LogP contribution in [0.3, 0.4) is 0 Å². The lowest BCUT2D eigenvalue weighted by Gasteiger charge is -2.11. The van der Waals surface area contributed by atoms with Gasteiger partial charge in [-0.1, -0.05) is 0 Å². The van der Waals surface area contributed by atoms with Crippen LogP contribution in [0.2, 0.25) is 0 Å². The number of anilines is 1. The summed E-state index contributed by atoms with van der Waals surface area (Å²) in [6.07, 6.45) is 3.15. The first-order chi connectivity index (χ1) is 11.0. The largest absolute Gasteiger partial charge is 0.478 e. The van der Waals surface area contributed by atoms with Gasteiger partial charge in [0.05, 0.1) is 23.3 Å². The summed E-state index contributed by atoms with van der Waals surface area (Å²) in [5.74, 6) is -0.552. The minimum Gasteiger partial charge on any atom is -0.478 e. The molecule has 8 heteroatoms. The van der Waals surface area contributed by atoms with E-state index in [1.165, 1.54) is 18.4 Å². The van der Waals surface area contributed by atoms with Crippen molar-refractivity contribution in [2.24, 2.45) is 0 Å². The number of carboxylic acids is 1. The molecule has 0 spiro atoms. The average molecular weight is 336 g/mol. The fraction of sp³-hybridized carbons (Fsp3) is 0.267. The van der Waals surface area contributed by atoms with E-state index >= 15 is 0 Å². The number of hydrogen-bond acceptors (Lipinski definition) is 5. The predicted octanol–water partition coefficient (Wildman–Crippen LogP) is 2.03. The monoisotopic (exact) mass is 336 g/mol. The molecule has 0 unspecified atom stereocenters. The van der Waals surface area contributed by atoms with E-state index in [4.69, 9.17) is 4.42 Å². The molecule has 0 radical (unpaired) electrons. The number of carboxylic acid groups (broad SMARTS) is 1. The molecule has 1 aliphatic rings. The number of hydrogen-bond donors (Lipinski definition) is 3. The summed E-state index contributed by atoms with van der Waals surface area (Å²) in [5.41, 5.74) is 0.231. The van der Waals surface area contributed by atoms with Crippen molar-refractivity contribution in [3.63, 3.8) is 0 Å². The van der Waals surface area contributed by atoms with E-state index in [-0.39, 0.29) is 16.5 Å². The maximum atomic E-state index is 12.2. The van der Waals surface area contributed by atoms with E-state index in [1.54, 1.807) is 12.1 Å². The fourth-order valence-electron chi connectivity index (χ4n) is 2.11. The molecule has 7 nitrogen and oxygen atoms in total. The van der Waals surface area contributed by atoms with E-state index in [0.29, 0.717) is 18.0 Å².